The molecule has 0 aliphatic carbocycles. The summed E-state index contributed by atoms with van der Waals surface area (Å²) < 4.78 is 5.59. The highest BCUT2D eigenvalue weighted by Gasteiger charge is 2.15. The highest BCUT2D eigenvalue weighted by Crippen LogP contribution is 2.25. The molecule has 0 bridgehead atoms. The van der Waals surface area contributed by atoms with Gasteiger partial charge in [-0.05, 0) is 25.5 Å². The highest BCUT2D eigenvalue weighted by atomic mass is 16.5. The van der Waals surface area contributed by atoms with Crippen molar-refractivity contribution in [2.75, 3.05) is 6.61 Å². The number of aromatic nitrogens is 1. The van der Waals surface area contributed by atoms with Crippen LogP contribution < -0.4 is 0 Å². The molecule has 0 fully saturated rings. The summed E-state index contributed by atoms with van der Waals surface area (Å²) >= 11 is 0. The lowest BCUT2D eigenvalue weighted by molar-refractivity contribution is 0.0500. The van der Waals surface area contributed by atoms with Gasteiger partial charge in [0.2, 0.25) is 0 Å². The van der Waals surface area contributed by atoms with Gasteiger partial charge in [0.25, 0.3) is 0 Å². The maximum absolute atomic E-state index is 12.8. The van der Waals surface area contributed by atoms with Crippen LogP contribution in [-0.2, 0) is 4.74 Å². The molecule has 1 heterocycles. The molecule has 3 aromatic rings. The number of carbonyl (C=O) groups excluding carboxylic acids is 1. The first-order chi connectivity index (χ1) is 13.7. The van der Waals surface area contributed by atoms with Crippen LogP contribution in [-0.4, -0.2) is 17.6 Å². The minimum absolute atomic E-state index is 0.263. The smallest absolute Gasteiger partial charge is 0.338 e. The molecule has 0 unspecified atom stereocenters. The van der Waals surface area contributed by atoms with Crippen LogP contribution >= 0.6 is 0 Å². The van der Waals surface area contributed by atoms with E-state index in [2.05, 4.69) is 26.0 Å². The van der Waals surface area contributed by atoms with E-state index in [9.17, 15) is 4.79 Å². The van der Waals surface area contributed by atoms with Gasteiger partial charge in [0.05, 0.1) is 23.4 Å². The van der Waals surface area contributed by atoms with Crippen LogP contribution in [0.2, 0.25) is 0 Å². The first-order valence-corrected chi connectivity index (χ1v) is 10.3. The molecule has 0 spiro atoms. The maximum Gasteiger partial charge on any atom is 0.338 e. The average Bonchev–Trinajstić information content (AvgIpc) is 2.72. The van der Waals surface area contributed by atoms with Gasteiger partial charge in [-0.3, -0.25) is 0 Å². The van der Waals surface area contributed by atoms with Crippen LogP contribution in [0.4, 0.5) is 0 Å². The largest absolute Gasteiger partial charge is 0.462 e. The van der Waals surface area contributed by atoms with Gasteiger partial charge in [-0.25, -0.2) is 9.78 Å². The van der Waals surface area contributed by atoms with Crippen LogP contribution in [0, 0.1) is 6.92 Å². The van der Waals surface area contributed by atoms with Crippen LogP contribution in [0.5, 0.6) is 0 Å². The number of esters is 1. The van der Waals surface area contributed by atoms with Gasteiger partial charge < -0.3 is 4.74 Å². The summed E-state index contributed by atoms with van der Waals surface area (Å²) in [7, 11) is 0. The van der Waals surface area contributed by atoms with Gasteiger partial charge >= 0.3 is 5.97 Å². The number of para-hydroxylation sites is 1. The van der Waals surface area contributed by atoms with Crippen molar-refractivity contribution >= 4 is 16.9 Å². The molecule has 146 valence electrons. The Hall–Kier alpha value is -2.68. The normalized spacial score (nSPS) is 10.9. The fourth-order valence-electron chi connectivity index (χ4n) is 3.34. The van der Waals surface area contributed by atoms with Crippen molar-refractivity contribution in [1.82, 2.24) is 4.98 Å². The van der Waals surface area contributed by atoms with Crippen LogP contribution in [0.1, 0.15) is 61.4 Å². The first-order valence-electron chi connectivity index (χ1n) is 10.3. The SMILES string of the molecule is CCCCCCCCOC(=O)c1cc(-c2ccc(C)cc2)nc2ccccc12. The zero-order valence-electron chi connectivity index (χ0n) is 16.9. The summed E-state index contributed by atoms with van der Waals surface area (Å²) in [5, 5.41) is 0.839. The van der Waals surface area contributed by atoms with Gasteiger partial charge in [0.15, 0.2) is 0 Å². The second-order valence-electron chi connectivity index (χ2n) is 7.34. The molecule has 0 radical (unpaired) electrons. The first kappa shape index (κ1) is 20.1. The summed E-state index contributed by atoms with van der Waals surface area (Å²) in [6.07, 6.45) is 7.03. The summed E-state index contributed by atoms with van der Waals surface area (Å²) in [6.45, 7) is 4.75. The molecule has 0 N–H and O–H groups in total. The second kappa shape index (κ2) is 10.0. The molecular weight excluding hydrogens is 346 g/mol. The Morgan fingerprint density at radius 1 is 0.929 bits per heavy atom. The molecule has 3 nitrogen and oxygen atoms in total. The van der Waals surface area contributed by atoms with E-state index >= 15 is 0 Å². The van der Waals surface area contributed by atoms with Crippen LogP contribution in [0.15, 0.2) is 54.6 Å². The lowest BCUT2D eigenvalue weighted by atomic mass is 10.0. The summed E-state index contributed by atoms with van der Waals surface area (Å²) in [6, 6.07) is 17.8. The predicted octanol–water partition coefficient (Wildman–Crippen LogP) is 6.73. The van der Waals surface area contributed by atoms with Gasteiger partial charge in [-0.15, -0.1) is 0 Å². The van der Waals surface area contributed by atoms with E-state index in [-0.39, 0.29) is 5.97 Å². The van der Waals surface area contributed by atoms with Crippen LogP contribution in [0.25, 0.3) is 22.2 Å². The predicted molar refractivity (Wildman–Crippen MR) is 116 cm³/mol. The molecule has 2 aromatic carbocycles. The average molecular weight is 376 g/mol. The molecule has 0 saturated heterocycles. The molecule has 3 heteroatoms. The third-order valence-corrected chi connectivity index (χ3v) is 5.01. The number of hydrogen-bond donors (Lipinski definition) is 0. The summed E-state index contributed by atoms with van der Waals surface area (Å²) in [5.41, 5.74) is 4.40. The molecular formula is C25H29NO2. The van der Waals surface area contributed by atoms with Gasteiger partial charge in [-0.1, -0.05) is 87.1 Å². The van der Waals surface area contributed by atoms with E-state index in [4.69, 9.17) is 9.72 Å². The summed E-state index contributed by atoms with van der Waals surface area (Å²) in [4.78, 5) is 17.5. The number of carbonyl (C=O) groups is 1. The van der Waals surface area contributed by atoms with Crippen molar-refractivity contribution in [1.29, 1.82) is 0 Å². The Labute approximate surface area is 167 Å². The Balaban J connectivity index is 1.75. The van der Waals surface area contributed by atoms with Crippen molar-refractivity contribution in [3.63, 3.8) is 0 Å². The van der Waals surface area contributed by atoms with Gasteiger partial charge in [0, 0.05) is 10.9 Å². The zero-order chi connectivity index (χ0) is 19.8. The maximum atomic E-state index is 12.8. The fourth-order valence-corrected chi connectivity index (χ4v) is 3.34. The number of fused-ring (bicyclic) bond motifs is 1. The number of benzene rings is 2. The minimum Gasteiger partial charge on any atom is -0.462 e. The quantitative estimate of drug-likeness (QED) is 0.307. The van der Waals surface area contributed by atoms with Crippen molar-refractivity contribution < 1.29 is 9.53 Å². The Kier molecular flexibility index (Phi) is 7.18. The number of nitrogens with zero attached hydrogens (tertiary/aromatic N) is 1. The Morgan fingerprint density at radius 2 is 1.64 bits per heavy atom. The zero-order valence-corrected chi connectivity index (χ0v) is 16.9. The molecule has 0 aliphatic rings. The number of aryl methyl sites for hydroxylation is 1. The van der Waals surface area contributed by atoms with Crippen molar-refractivity contribution in [2.24, 2.45) is 0 Å². The van der Waals surface area contributed by atoms with E-state index in [1.54, 1.807) is 0 Å². The lowest BCUT2D eigenvalue weighted by Gasteiger charge is -2.10. The lowest BCUT2D eigenvalue weighted by Crippen LogP contribution is -2.08. The van der Waals surface area contributed by atoms with E-state index < -0.39 is 0 Å². The molecule has 28 heavy (non-hydrogen) atoms. The Morgan fingerprint density at radius 3 is 2.43 bits per heavy atom. The number of hydrogen-bond acceptors (Lipinski definition) is 3. The third-order valence-electron chi connectivity index (χ3n) is 5.01. The van der Waals surface area contributed by atoms with Gasteiger partial charge in [0.1, 0.15) is 0 Å². The van der Waals surface area contributed by atoms with Crippen LogP contribution in [0.3, 0.4) is 0 Å². The topological polar surface area (TPSA) is 39.2 Å². The van der Waals surface area contributed by atoms with E-state index in [0.717, 1.165) is 35.0 Å². The highest BCUT2D eigenvalue weighted by molar-refractivity contribution is 6.04. The fraction of sp³-hybridized carbons (Fsp3) is 0.360. The number of pyridine rings is 1. The van der Waals surface area contributed by atoms with E-state index in [0.29, 0.717) is 12.2 Å². The molecule has 0 amide bonds. The molecule has 0 atom stereocenters. The minimum atomic E-state index is -0.263. The molecule has 0 saturated carbocycles. The van der Waals surface area contributed by atoms with Crippen molar-refractivity contribution in [2.45, 2.75) is 52.4 Å². The van der Waals surface area contributed by atoms with E-state index in [1.165, 1.54) is 31.2 Å². The number of rotatable bonds is 9. The van der Waals surface area contributed by atoms with E-state index in [1.807, 2.05) is 42.5 Å². The standard InChI is InChI=1S/C25H29NO2/c1-3-4-5-6-7-10-17-28-25(27)22-18-24(20-15-13-19(2)14-16-20)26-23-12-9-8-11-21(22)23/h8-9,11-16,18H,3-7,10,17H2,1-2H3. The van der Waals surface area contributed by atoms with Gasteiger partial charge in [-0.2, -0.15) is 0 Å². The monoisotopic (exact) mass is 375 g/mol. The molecule has 1 aromatic heterocycles. The summed E-state index contributed by atoms with van der Waals surface area (Å²) in [5.74, 6) is -0.263. The third kappa shape index (κ3) is 5.19. The molecule has 3 rings (SSSR count). The number of ether oxygens (including phenoxy) is 1. The van der Waals surface area contributed by atoms with Crippen molar-refractivity contribution in [3.05, 3.63) is 65.7 Å². The Bertz CT molecular complexity index is 915. The second-order valence-corrected chi connectivity index (χ2v) is 7.34. The molecule has 0 aliphatic heterocycles. The number of unbranched alkanes of at least 4 members (excludes halogenated alkanes) is 5. The van der Waals surface area contributed by atoms with Crippen molar-refractivity contribution in [3.8, 4) is 11.3 Å².